The summed E-state index contributed by atoms with van der Waals surface area (Å²) in [6.07, 6.45) is 0.581. The number of hydrogen-bond acceptors (Lipinski definition) is 3. The molecule has 2 atom stereocenters. The fraction of sp³-hybridized carbons (Fsp3) is 0.438. The van der Waals surface area contributed by atoms with E-state index >= 15 is 0 Å². The molecule has 0 aromatic heterocycles. The largest absolute Gasteiger partial charge is 0.456 e. The average molecular weight is 260 g/mol. The first kappa shape index (κ1) is 13.8. The van der Waals surface area contributed by atoms with Crippen LogP contribution >= 0.6 is 0 Å². The molecule has 2 rings (SSSR count). The third-order valence-corrected chi connectivity index (χ3v) is 4.01. The maximum absolute atomic E-state index is 11.6. The number of esters is 1. The van der Waals surface area contributed by atoms with Crippen LogP contribution in [0.15, 0.2) is 42.5 Å². The highest BCUT2D eigenvalue weighted by atomic mass is 16.6. The van der Waals surface area contributed by atoms with Crippen molar-refractivity contribution in [1.82, 2.24) is 0 Å². The van der Waals surface area contributed by atoms with E-state index in [1.165, 1.54) is 0 Å². The lowest BCUT2D eigenvalue weighted by Gasteiger charge is -2.27. The highest BCUT2D eigenvalue weighted by Crippen LogP contribution is 2.42. The zero-order valence-corrected chi connectivity index (χ0v) is 11.5. The van der Waals surface area contributed by atoms with Crippen LogP contribution in [0.2, 0.25) is 0 Å². The van der Waals surface area contributed by atoms with Gasteiger partial charge in [-0.25, -0.2) is 4.79 Å². The molecule has 1 fully saturated rings. The molecule has 0 aliphatic carbocycles. The number of cyclic esters (lactones) is 1. The molecule has 0 unspecified atom stereocenters. The summed E-state index contributed by atoms with van der Waals surface area (Å²) in [6, 6.07) is 9.95. The van der Waals surface area contributed by atoms with Gasteiger partial charge in [0.05, 0.1) is 13.2 Å². The average Bonchev–Trinajstić information content (AvgIpc) is 2.65. The predicted octanol–water partition coefficient (Wildman–Crippen LogP) is 3.10. The fourth-order valence-electron chi connectivity index (χ4n) is 2.27. The lowest BCUT2D eigenvalue weighted by atomic mass is 9.78. The predicted molar refractivity (Wildman–Crippen MR) is 73.5 cm³/mol. The van der Waals surface area contributed by atoms with Crippen LogP contribution in [0.5, 0.6) is 0 Å². The first-order valence-corrected chi connectivity index (χ1v) is 6.60. The van der Waals surface area contributed by atoms with Gasteiger partial charge in [0.15, 0.2) is 0 Å². The molecule has 1 aromatic carbocycles. The molecule has 0 N–H and O–H groups in total. The van der Waals surface area contributed by atoms with E-state index < -0.39 is 0 Å². The Bertz CT molecular complexity index is 466. The van der Waals surface area contributed by atoms with Crippen molar-refractivity contribution in [1.29, 1.82) is 0 Å². The standard InChI is InChI=1S/C16H20O3/c1-4-16(3)12(2)15(17)19-14(16)11-18-10-13-8-6-5-7-9-13/h5-9,14H,2,4,10-11H2,1,3H3/t14-,16+/m0/s1. The Morgan fingerprint density at radius 2 is 2.05 bits per heavy atom. The van der Waals surface area contributed by atoms with Crippen molar-refractivity contribution in [2.45, 2.75) is 33.0 Å². The Kier molecular flexibility index (Phi) is 4.05. The molecule has 0 saturated carbocycles. The van der Waals surface area contributed by atoms with Crippen LogP contribution in [-0.2, 0) is 20.9 Å². The lowest BCUT2D eigenvalue weighted by molar-refractivity contribution is -0.143. The Labute approximate surface area is 114 Å². The van der Waals surface area contributed by atoms with E-state index in [9.17, 15) is 4.79 Å². The fourth-order valence-corrected chi connectivity index (χ4v) is 2.27. The third-order valence-electron chi connectivity index (χ3n) is 4.01. The van der Waals surface area contributed by atoms with E-state index in [0.29, 0.717) is 18.8 Å². The van der Waals surface area contributed by atoms with Gasteiger partial charge in [0.2, 0.25) is 0 Å². The van der Waals surface area contributed by atoms with E-state index in [4.69, 9.17) is 9.47 Å². The molecule has 0 radical (unpaired) electrons. The molecule has 1 aliphatic rings. The van der Waals surface area contributed by atoms with E-state index in [1.54, 1.807) is 0 Å². The van der Waals surface area contributed by atoms with Crippen LogP contribution in [0.25, 0.3) is 0 Å². The molecule has 1 heterocycles. The topological polar surface area (TPSA) is 35.5 Å². The monoisotopic (exact) mass is 260 g/mol. The van der Waals surface area contributed by atoms with Gasteiger partial charge in [-0.3, -0.25) is 0 Å². The summed E-state index contributed by atoms with van der Waals surface area (Å²) < 4.78 is 11.0. The first-order valence-electron chi connectivity index (χ1n) is 6.60. The van der Waals surface area contributed by atoms with Gasteiger partial charge in [-0.1, -0.05) is 50.8 Å². The maximum atomic E-state index is 11.6. The van der Waals surface area contributed by atoms with Gasteiger partial charge >= 0.3 is 5.97 Å². The van der Waals surface area contributed by atoms with E-state index in [1.807, 2.05) is 44.2 Å². The van der Waals surface area contributed by atoms with Crippen molar-refractivity contribution in [2.75, 3.05) is 6.61 Å². The number of rotatable bonds is 5. The molecule has 0 amide bonds. The van der Waals surface area contributed by atoms with Crippen molar-refractivity contribution in [2.24, 2.45) is 5.41 Å². The van der Waals surface area contributed by atoms with Crippen LogP contribution in [0.1, 0.15) is 25.8 Å². The summed E-state index contributed by atoms with van der Waals surface area (Å²) in [7, 11) is 0. The smallest absolute Gasteiger partial charge is 0.334 e. The molecule has 3 nitrogen and oxygen atoms in total. The lowest BCUT2D eigenvalue weighted by Crippen LogP contribution is -2.32. The first-order chi connectivity index (χ1) is 9.08. The Hall–Kier alpha value is -1.61. The zero-order chi connectivity index (χ0) is 13.9. The molecular weight excluding hydrogens is 240 g/mol. The van der Waals surface area contributed by atoms with E-state index in [2.05, 4.69) is 6.58 Å². The normalized spacial score (nSPS) is 26.5. The summed E-state index contributed by atoms with van der Waals surface area (Å²) in [6.45, 7) is 8.83. The summed E-state index contributed by atoms with van der Waals surface area (Å²) in [4.78, 5) is 11.6. The SMILES string of the molecule is C=C1C(=O)O[C@@H](COCc2ccccc2)[C@]1(C)CC. The number of hydrogen-bond donors (Lipinski definition) is 0. The molecule has 19 heavy (non-hydrogen) atoms. The van der Waals surface area contributed by atoms with Gasteiger partial charge in [0, 0.05) is 11.0 Å². The van der Waals surface area contributed by atoms with Gasteiger partial charge in [0.1, 0.15) is 6.10 Å². The quantitative estimate of drug-likeness (QED) is 0.603. The Morgan fingerprint density at radius 1 is 1.37 bits per heavy atom. The molecule has 0 bridgehead atoms. The van der Waals surface area contributed by atoms with Crippen LogP contribution in [0.3, 0.4) is 0 Å². The Morgan fingerprint density at radius 3 is 2.68 bits per heavy atom. The number of carbonyl (C=O) groups is 1. The van der Waals surface area contributed by atoms with Crippen molar-refractivity contribution in [3.05, 3.63) is 48.0 Å². The summed E-state index contributed by atoms with van der Waals surface area (Å²) >= 11 is 0. The van der Waals surface area contributed by atoms with Crippen molar-refractivity contribution >= 4 is 5.97 Å². The highest BCUT2D eigenvalue weighted by molar-refractivity contribution is 5.91. The molecule has 102 valence electrons. The van der Waals surface area contributed by atoms with Crippen molar-refractivity contribution in [3.63, 3.8) is 0 Å². The van der Waals surface area contributed by atoms with Gasteiger partial charge in [-0.2, -0.15) is 0 Å². The second-order valence-electron chi connectivity index (χ2n) is 5.14. The summed E-state index contributed by atoms with van der Waals surface area (Å²) in [5.41, 5.74) is 1.36. The zero-order valence-electron chi connectivity index (χ0n) is 11.5. The van der Waals surface area contributed by atoms with Crippen LogP contribution in [-0.4, -0.2) is 18.7 Å². The minimum Gasteiger partial charge on any atom is -0.456 e. The second kappa shape index (κ2) is 5.57. The van der Waals surface area contributed by atoms with Gasteiger partial charge in [-0.15, -0.1) is 0 Å². The van der Waals surface area contributed by atoms with Gasteiger partial charge < -0.3 is 9.47 Å². The molecular formula is C16H20O3. The van der Waals surface area contributed by atoms with Crippen molar-refractivity contribution in [3.8, 4) is 0 Å². The molecule has 1 aliphatic heterocycles. The third kappa shape index (κ3) is 2.71. The van der Waals surface area contributed by atoms with Crippen LogP contribution in [0.4, 0.5) is 0 Å². The van der Waals surface area contributed by atoms with Gasteiger partial charge in [0.25, 0.3) is 0 Å². The van der Waals surface area contributed by atoms with Crippen LogP contribution < -0.4 is 0 Å². The second-order valence-corrected chi connectivity index (χ2v) is 5.14. The molecule has 1 saturated heterocycles. The minimum atomic E-state index is -0.312. The number of carbonyl (C=O) groups excluding carboxylic acids is 1. The molecule has 0 spiro atoms. The van der Waals surface area contributed by atoms with Gasteiger partial charge in [-0.05, 0) is 12.0 Å². The maximum Gasteiger partial charge on any atom is 0.334 e. The molecule has 3 heteroatoms. The highest BCUT2D eigenvalue weighted by Gasteiger charge is 2.47. The number of benzene rings is 1. The molecule has 1 aromatic rings. The minimum absolute atomic E-state index is 0.235. The van der Waals surface area contributed by atoms with E-state index in [0.717, 1.165) is 12.0 Å². The van der Waals surface area contributed by atoms with Crippen LogP contribution in [0, 0.1) is 5.41 Å². The van der Waals surface area contributed by atoms with Crippen molar-refractivity contribution < 1.29 is 14.3 Å². The van der Waals surface area contributed by atoms with E-state index in [-0.39, 0.29) is 17.5 Å². The summed E-state index contributed by atoms with van der Waals surface area (Å²) in [5, 5.41) is 0. The summed E-state index contributed by atoms with van der Waals surface area (Å²) in [5.74, 6) is -0.294. The Balaban J connectivity index is 1.92. The number of ether oxygens (including phenoxy) is 2.